The summed E-state index contributed by atoms with van der Waals surface area (Å²) in [6, 6.07) is 17.9. The normalized spacial score (nSPS) is 12.1. The maximum Gasteiger partial charge on any atom is 0.0122 e. The molecule has 0 aromatic heterocycles. The molecule has 0 fully saturated rings. The lowest BCUT2D eigenvalue weighted by molar-refractivity contribution is 0.406. The van der Waals surface area contributed by atoms with Gasteiger partial charge in [0.2, 0.25) is 0 Å². The fourth-order valence-corrected chi connectivity index (χ4v) is 4.51. The van der Waals surface area contributed by atoms with Gasteiger partial charge in [-0.2, -0.15) is 0 Å². The van der Waals surface area contributed by atoms with Gasteiger partial charge in [-0.1, -0.05) is 102 Å². The van der Waals surface area contributed by atoms with Crippen LogP contribution < -0.4 is 0 Å². The van der Waals surface area contributed by atoms with Crippen LogP contribution in [-0.4, -0.2) is 0 Å². The molecule has 0 heterocycles. The zero-order chi connectivity index (χ0) is 21.7. The standard InChI is InChI=1S/C28H38S/c1-21(19-27(3,4)5)17-23-9-13-25(14-10-23)29-26-15-11-24(12-16-26)18-22(2)20-28(6,7)8/h9-16H,1-2,17-20H2,3-8H3. The van der Waals surface area contributed by atoms with E-state index in [4.69, 9.17) is 0 Å². The van der Waals surface area contributed by atoms with E-state index in [1.807, 2.05) is 11.8 Å². The van der Waals surface area contributed by atoms with Crippen LogP contribution in [0.1, 0.15) is 65.5 Å². The van der Waals surface area contributed by atoms with Crippen LogP contribution in [0.15, 0.2) is 82.6 Å². The monoisotopic (exact) mass is 406 g/mol. The number of rotatable bonds is 8. The van der Waals surface area contributed by atoms with E-state index in [1.54, 1.807) is 0 Å². The number of hydrogen-bond acceptors (Lipinski definition) is 1. The lowest BCUT2D eigenvalue weighted by atomic mass is 9.86. The molecule has 2 aromatic rings. The molecule has 0 bridgehead atoms. The molecule has 2 aromatic carbocycles. The Kier molecular flexibility index (Phi) is 8.00. The van der Waals surface area contributed by atoms with E-state index in [0.717, 1.165) is 25.7 Å². The second-order valence-electron chi connectivity index (χ2n) is 10.7. The molecule has 0 unspecified atom stereocenters. The number of allylic oxidation sites excluding steroid dienone is 2. The third kappa shape index (κ3) is 9.54. The van der Waals surface area contributed by atoms with Gasteiger partial charge >= 0.3 is 0 Å². The first-order valence-electron chi connectivity index (χ1n) is 10.6. The second-order valence-corrected chi connectivity index (χ2v) is 11.9. The van der Waals surface area contributed by atoms with Crippen LogP contribution in [0.5, 0.6) is 0 Å². The maximum atomic E-state index is 4.26. The third-order valence-corrected chi connectivity index (χ3v) is 5.57. The average Bonchev–Trinajstić information content (AvgIpc) is 2.55. The first-order valence-corrected chi connectivity index (χ1v) is 11.4. The van der Waals surface area contributed by atoms with E-state index in [0.29, 0.717) is 10.8 Å². The molecule has 29 heavy (non-hydrogen) atoms. The number of benzene rings is 2. The highest BCUT2D eigenvalue weighted by molar-refractivity contribution is 7.99. The minimum Gasteiger partial charge on any atom is -0.0995 e. The van der Waals surface area contributed by atoms with Crippen LogP contribution in [0.25, 0.3) is 0 Å². The lowest BCUT2D eigenvalue weighted by Gasteiger charge is -2.19. The van der Waals surface area contributed by atoms with Crippen molar-refractivity contribution in [1.82, 2.24) is 0 Å². The Balaban J connectivity index is 1.90. The molecular weight excluding hydrogens is 368 g/mol. The van der Waals surface area contributed by atoms with Crippen molar-refractivity contribution >= 4 is 11.8 Å². The van der Waals surface area contributed by atoms with Gasteiger partial charge in [0.15, 0.2) is 0 Å². The van der Waals surface area contributed by atoms with Gasteiger partial charge in [0.05, 0.1) is 0 Å². The van der Waals surface area contributed by atoms with Gasteiger partial charge in [-0.25, -0.2) is 0 Å². The summed E-state index contributed by atoms with van der Waals surface area (Å²) in [6.07, 6.45) is 4.07. The molecule has 0 atom stereocenters. The Morgan fingerprint density at radius 1 is 0.621 bits per heavy atom. The largest absolute Gasteiger partial charge is 0.0995 e. The van der Waals surface area contributed by atoms with Crippen LogP contribution >= 0.6 is 11.8 Å². The maximum absolute atomic E-state index is 4.26. The molecular formula is C28H38S. The van der Waals surface area contributed by atoms with E-state index in [9.17, 15) is 0 Å². The van der Waals surface area contributed by atoms with Crippen LogP contribution in [0.2, 0.25) is 0 Å². The summed E-state index contributed by atoms with van der Waals surface area (Å²) in [5, 5.41) is 0. The average molecular weight is 407 g/mol. The Bertz CT molecular complexity index is 737. The van der Waals surface area contributed by atoms with E-state index >= 15 is 0 Å². The molecule has 0 nitrogen and oxygen atoms in total. The van der Waals surface area contributed by atoms with Crippen molar-refractivity contribution in [2.45, 2.75) is 77.0 Å². The fourth-order valence-electron chi connectivity index (χ4n) is 3.69. The zero-order valence-electron chi connectivity index (χ0n) is 19.3. The summed E-state index contributed by atoms with van der Waals surface area (Å²) in [4.78, 5) is 2.56. The van der Waals surface area contributed by atoms with Gasteiger partial charge in [0.25, 0.3) is 0 Å². The van der Waals surface area contributed by atoms with Crippen molar-refractivity contribution in [3.8, 4) is 0 Å². The molecule has 1 heteroatoms. The minimum absolute atomic E-state index is 0.304. The van der Waals surface area contributed by atoms with Crippen LogP contribution in [0.3, 0.4) is 0 Å². The molecule has 0 saturated carbocycles. The molecule has 0 saturated heterocycles. The molecule has 0 radical (unpaired) electrons. The molecule has 2 rings (SSSR count). The molecule has 0 aliphatic carbocycles. The van der Waals surface area contributed by atoms with E-state index in [2.05, 4.69) is 103 Å². The van der Waals surface area contributed by atoms with Gasteiger partial charge in [-0.05, 0) is 71.9 Å². The SMILES string of the molecule is C=C(Cc1ccc(Sc2ccc(CC(=C)CC(C)(C)C)cc2)cc1)CC(C)(C)C. The molecule has 0 N–H and O–H groups in total. The Labute approximate surface area is 183 Å². The predicted molar refractivity (Wildman–Crippen MR) is 131 cm³/mol. The van der Waals surface area contributed by atoms with Crippen molar-refractivity contribution in [1.29, 1.82) is 0 Å². The smallest absolute Gasteiger partial charge is 0.0122 e. The van der Waals surface area contributed by atoms with E-state index in [1.165, 1.54) is 32.1 Å². The Morgan fingerprint density at radius 3 is 1.21 bits per heavy atom. The summed E-state index contributed by atoms with van der Waals surface area (Å²) < 4.78 is 0. The molecule has 0 aliphatic heterocycles. The minimum atomic E-state index is 0.304. The van der Waals surface area contributed by atoms with Gasteiger partial charge in [-0.15, -0.1) is 0 Å². The molecule has 156 valence electrons. The quantitative estimate of drug-likeness (QED) is 0.394. The summed E-state index contributed by atoms with van der Waals surface area (Å²) in [6.45, 7) is 22.1. The molecule has 0 amide bonds. The number of hydrogen-bond donors (Lipinski definition) is 0. The predicted octanol–water partition coefficient (Wildman–Crippen LogP) is 8.91. The van der Waals surface area contributed by atoms with Crippen molar-refractivity contribution in [2.75, 3.05) is 0 Å². The van der Waals surface area contributed by atoms with Crippen molar-refractivity contribution < 1.29 is 0 Å². The first-order chi connectivity index (χ1) is 13.4. The first kappa shape index (κ1) is 23.5. The van der Waals surface area contributed by atoms with Gasteiger partial charge in [-0.3, -0.25) is 0 Å². The van der Waals surface area contributed by atoms with Crippen LogP contribution in [0.4, 0.5) is 0 Å². The zero-order valence-corrected chi connectivity index (χ0v) is 20.1. The van der Waals surface area contributed by atoms with Gasteiger partial charge in [0.1, 0.15) is 0 Å². The second kappa shape index (κ2) is 9.85. The Morgan fingerprint density at radius 2 is 0.931 bits per heavy atom. The van der Waals surface area contributed by atoms with Gasteiger partial charge < -0.3 is 0 Å². The Hall–Kier alpha value is -1.73. The molecule has 0 aliphatic rings. The highest BCUT2D eigenvalue weighted by atomic mass is 32.2. The topological polar surface area (TPSA) is 0 Å². The summed E-state index contributed by atoms with van der Waals surface area (Å²) >= 11 is 1.82. The summed E-state index contributed by atoms with van der Waals surface area (Å²) in [5.74, 6) is 0. The highest BCUT2D eigenvalue weighted by Crippen LogP contribution is 2.30. The highest BCUT2D eigenvalue weighted by Gasteiger charge is 2.13. The van der Waals surface area contributed by atoms with Crippen molar-refractivity contribution in [2.24, 2.45) is 10.8 Å². The van der Waals surface area contributed by atoms with E-state index in [-0.39, 0.29) is 0 Å². The molecule has 0 spiro atoms. The lowest BCUT2D eigenvalue weighted by Crippen LogP contribution is -2.07. The van der Waals surface area contributed by atoms with Crippen molar-refractivity contribution in [3.05, 3.63) is 84.0 Å². The fraction of sp³-hybridized carbons (Fsp3) is 0.429. The van der Waals surface area contributed by atoms with Crippen LogP contribution in [-0.2, 0) is 12.8 Å². The van der Waals surface area contributed by atoms with E-state index < -0.39 is 0 Å². The summed E-state index contributed by atoms with van der Waals surface area (Å²) in [5.41, 5.74) is 5.91. The third-order valence-electron chi connectivity index (χ3n) is 4.55. The van der Waals surface area contributed by atoms with Crippen LogP contribution in [0, 0.1) is 10.8 Å². The summed E-state index contributed by atoms with van der Waals surface area (Å²) in [7, 11) is 0. The van der Waals surface area contributed by atoms with Gasteiger partial charge in [0, 0.05) is 9.79 Å². The van der Waals surface area contributed by atoms with Crippen molar-refractivity contribution in [3.63, 3.8) is 0 Å².